The highest BCUT2D eigenvalue weighted by Crippen LogP contribution is 2.37. The van der Waals surface area contributed by atoms with E-state index in [0.717, 1.165) is 26.8 Å². The molecule has 1 amide bonds. The smallest absolute Gasteiger partial charge is 0.323 e. The predicted octanol–water partition coefficient (Wildman–Crippen LogP) is 4.57. The number of anilines is 2. The molecule has 0 aliphatic heterocycles. The number of carbonyl (C=O) groups is 1. The van der Waals surface area contributed by atoms with E-state index in [1.54, 1.807) is 13.2 Å². The van der Waals surface area contributed by atoms with Crippen LogP contribution in [-0.4, -0.2) is 29.6 Å². The van der Waals surface area contributed by atoms with Crippen molar-refractivity contribution in [1.29, 1.82) is 0 Å². The highest BCUT2D eigenvalue weighted by atomic mass is 79.9. The van der Waals surface area contributed by atoms with E-state index in [4.69, 9.17) is 9.47 Å². The second-order valence-corrected chi connectivity index (χ2v) is 8.31. The summed E-state index contributed by atoms with van der Waals surface area (Å²) in [5.41, 5.74) is 4.61. The van der Waals surface area contributed by atoms with Gasteiger partial charge in [0.2, 0.25) is 0 Å². The number of rotatable bonds is 8. The third-order valence-electron chi connectivity index (χ3n) is 5.06. The van der Waals surface area contributed by atoms with Gasteiger partial charge in [0.05, 0.1) is 18.1 Å². The molecule has 0 fully saturated rings. The minimum Gasteiger partial charge on any atom is -0.493 e. The summed E-state index contributed by atoms with van der Waals surface area (Å²) in [7, 11) is 1.55. The zero-order valence-corrected chi connectivity index (χ0v) is 19.7. The third kappa shape index (κ3) is 5.38. The van der Waals surface area contributed by atoms with Gasteiger partial charge in [0, 0.05) is 28.0 Å². The average Bonchev–Trinajstić information content (AvgIpc) is 3.17. The number of aryl methyl sites for hydroxylation is 1. The largest absolute Gasteiger partial charge is 0.493 e. The molecule has 170 valence electrons. The van der Waals surface area contributed by atoms with Crippen molar-refractivity contribution in [2.45, 2.75) is 13.5 Å². The van der Waals surface area contributed by atoms with Crippen molar-refractivity contribution < 1.29 is 14.3 Å². The lowest BCUT2D eigenvalue weighted by molar-refractivity contribution is -0.118. The van der Waals surface area contributed by atoms with Crippen LogP contribution >= 0.6 is 15.9 Å². The number of methoxy groups -OCH3 is 1. The Morgan fingerprint density at radius 1 is 1.00 bits per heavy atom. The van der Waals surface area contributed by atoms with Crippen LogP contribution in [0.4, 0.5) is 11.4 Å². The number of H-pyrrole nitrogens is 2. The Kier molecular flexibility index (Phi) is 6.69. The molecule has 0 saturated heterocycles. The first-order valence-corrected chi connectivity index (χ1v) is 11.0. The van der Waals surface area contributed by atoms with Crippen LogP contribution in [0.3, 0.4) is 0 Å². The summed E-state index contributed by atoms with van der Waals surface area (Å²) in [5, 5.41) is 6.15. The van der Waals surface area contributed by atoms with E-state index in [1.807, 2.05) is 55.5 Å². The van der Waals surface area contributed by atoms with E-state index in [1.165, 1.54) is 0 Å². The quantitative estimate of drug-likeness (QED) is 0.277. The summed E-state index contributed by atoms with van der Waals surface area (Å²) in [4.78, 5) is 29.4. The number of aromatic amines is 2. The Labute approximate surface area is 198 Å². The average molecular weight is 511 g/mol. The Bertz CT molecular complexity index is 1350. The van der Waals surface area contributed by atoms with Gasteiger partial charge in [0.25, 0.3) is 5.91 Å². The third-order valence-corrected chi connectivity index (χ3v) is 5.80. The van der Waals surface area contributed by atoms with Gasteiger partial charge < -0.3 is 30.1 Å². The molecule has 0 spiro atoms. The van der Waals surface area contributed by atoms with Crippen molar-refractivity contribution in [2.75, 3.05) is 24.4 Å². The number of hydrogen-bond acceptors (Lipinski definition) is 5. The second kappa shape index (κ2) is 9.83. The van der Waals surface area contributed by atoms with Gasteiger partial charge in [-0.05, 0) is 49.4 Å². The summed E-state index contributed by atoms with van der Waals surface area (Å²) < 4.78 is 12.2. The van der Waals surface area contributed by atoms with Crippen molar-refractivity contribution >= 4 is 44.2 Å². The second-order valence-electron chi connectivity index (χ2n) is 7.45. The topological polar surface area (TPSA) is 108 Å². The molecule has 4 aromatic rings. The monoisotopic (exact) mass is 510 g/mol. The molecule has 1 heterocycles. The molecule has 9 heteroatoms. The highest BCUT2D eigenvalue weighted by molar-refractivity contribution is 9.10. The molecule has 1 aromatic heterocycles. The molecule has 4 N–H and O–H groups in total. The molecule has 3 aromatic carbocycles. The number of aromatic nitrogens is 2. The number of carbonyl (C=O) groups excluding carboxylic acids is 1. The number of benzene rings is 3. The zero-order valence-electron chi connectivity index (χ0n) is 18.1. The van der Waals surface area contributed by atoms with Crippen LogP contribution in [0.25, 0.3) is 11.0 Å². The highest BCUT2D eigenvalue weighted by Gasteiger charge is 2.16. The standard InChI is InChI=1S/C24H23BrN4O4/c1-14-3-5-15(6-4-14)27-22(30)13-33-23-17(18(25)8-10-21(23)32-2)12-26-16-7-9-19-20(11-16)29-24(31)28-19/h3-11,26H,12-13H2,1-2H3,(H,27,30)(H2,28,29,31). The fourth-order valence-corrected chi connectivity index (χ4v) is 3.82. The van der Waals surface area contributed by atoms with Gasteiger partial charge in [-0.2, -0.15) is 0 Å². The van der Waals surface area contributed by atoms with Crippen LogP contribution in [0.15, 0.2) is 63.9 Å². The molecule has 8 nitrogen and oxygen atoms in total. The molecule has 0 unspecified atom stereocenters. The number of fused-ring (bicyclic) bond motifs is 1. The van der Waals surface area contributed by atoms with E-state index in [9.17, 15) is 9.59 Å². The van der Waals surface area contributed by atoms with Gasteiger partial charge in [-0.25, -0.2) is 4.79 Å². The minimum absolute atomic E-state index is 0.176. The number of ether oxygens (including phenoxy) is 2. The van der Waals surface area contributed by atoms with Crippen LogP contribution in [0.2, 0.25) is 0 Å². The molecule has 0 bridgehead atoms. The lowest BCUT2D eigenvalue weighted by Gasteiger charge is -2.17. The normalized spacial score (nSPS) is 10.8. The van der Waals surface area contributed by atoms with Gasteiger partial charge in [-0.15, -0.1) is 0 Å². The maximum Gasteiger partial charge on any atom is 0.323 e. The molecule has 0 aliphatic rings. The lowest BCUT2D eigenvalue weighted by Crippen LogP contribution is -2.21. The number of amides is 1. The van der Waals surface area contributed by atoms with Crippen molar-refractivity contribution in [2.24, 2.45) is 0 Å². The van der Waals surface area contributed by atoms with Crippen LogP contribution in [-0.2, 0) is 11.3 Å². The van der Waals surface area contributed by atoms with E-state index < -0.39 is 0 Å². The summed E-state index contributed by atoms with van der Waals surface area (Å²) in [6.45, 7) is 2.20. The van der Waals surface area contributed by atoms with Crippen LogP contribution < -0.4 is 25.8 Å². The number of hydrogen-bond donors (Lipinski definition) is 4. The van der Waals surface area contributed by atoms with Crippen molar-refractivity contribution in [3.05, 3.63) is 80.7 Å². The van der Waals surface area contributed by atoms with Gasteiger partial charge in [-0.1, -0.05) is 33.6 Å². The maximum absolute atomic E-state index is 12.4. The predicted molar refractivity (Wildman–Crippen MR) is 132 cm³/mol. The van der Waals surface area contributed by atoms with E-state index in [2.05, 4.69) is 36.5 Å². The van der Waals surface area contributed by atoms with E-state index >= 15 is 0 Å². The number of nitrogens with one attached hydrogen (secondary N) is 4. The van der Waals surface area contributed by atoms with Gasteiger partial charge in [0.1, 0.15) is 0 Å². The first-order chi connectivity index (χ1) is 15.9. The lowest BCUT2D eigenvalue weighted by atomic mass is 10.1. The van der Waals surface area contributed by atoms with Gasteiger partial charge in [-0.3, -0.25) is 4.79 Å². The van der Waals surface area contributed by atoms with Crippen molar-refractivity contribution in [3.63, 3.8) is 0 Å². The fraction of sp³-hybridized carbons (Fsp3) is 0.167. The molecule has 0 aliphatic carbocycles. The molecule has 33 heavy (non-hydrogen) atoms. The molecular weight excluding hydrogens is 488 g/mol. The minimum atomic E-state index is -0.276. The molecule has 0 saturated carbocycles. The van der Waals surface area contributed by atoms with Crippen LogP contribution in [0, 0.1) is 6.92 Å². The Morgan fingerprint density at radius 2 is 1.73 bits per heavy atom. The van der Waals surface area contributed by atoms with E-state index in [-0.39, 0.29) is 18.2 Å². The van der Waals surface area contributed by atoms with E-state index in [0.29, 0.717) is 29.2 Å². The van der Waals surface area contributed by atoms with Crippen LogP contribution in [0.5, 0.6) is 11.5 Å². The Balaban J connectivity index is 1.49. The fourth-order valence-electron chi connectivity index (χ4n) is 3.37. The summed E-state index contributed by atoms with van der Waals surface area (Å²) in [6, 6.07) is 16.7. The number of imidazole rings is 1. The Morgan fingerprint density at radius 3 is 2.48 bits per heavy atom. The molecule has 0 radical (unpaired) electrons. The SMILES string of the molecule is COc1ccc(Br)c(CNc2ccc3[nH]c(=O)[nH]c3c2)c1OCC(=O)Nc1ccc(C)cc1. The van der Waals surface area contributed by atoms with Crippen molar-refractivity contribution in [1.82, 2.24) is 9.97 Å². The van der Waals surface area contributed by atoms with Gasteiger partial charge in [0.15, 0.2) is 18.1 Å². The summed E-state index contributed by atoms with van der Waals surface area (Å²) in [6.07, 6.45) is 0. The molecule has 4 rings (SSSR count). The summed E-state index contributed by atoms with van der Waals surface area (Å²) >= 11 is 3.57. The summed E-state index contributed by atoms with van der Waals surface area (Å²) in [5.74, 6) is 0.708. The maximum atomic E-state index is 12.4. The van der Waals surface area contributed by atoms with Crippen molar-refractivity contribution in [3.8, 4) is 11.5 Å². The Hall–Kier alpha value is -3.72. The first-order valence-electron chi connectivity index (χ1n) is 10.2. The van der Waals surface area contributed by atoms with Gasteiger partial charge >= 0.3 is 5.69 Å². The zero-order chi connectivity index (χ0) is 23.4. The molecule has 0 atom stereocenters. The first kappa shape index (κ1) is 22.5. The number of halogens is 1. The van der Waals surface area contributed by atoms with Crippen LogP contribution in [0.1, 0.15) is 11.1 Å². The molecular formula is C24H23BrN4O4.